The summed E-state index contributed by atoms with van der Waals surface area (Å²) in [7, 11) is -2.99. The Hall–Kier alpha value is -0.130. The first-order valence-corrected chi connectivity index (χ1v) is 6.47. The minimum absolute atomic E-state index is 0.0815. The third-order valence-electron chi connectivity index (χ3n) is 2.82. The highest BCUT2D eigenvalue weighted by molar-refractivity contribution is 7.91. The Balaban J connectivity index is 2.61. The van der Waals surface area contributed by atoms with Gasteiger partial charge in [0, 0.05) is 6.26 Å². The number of aliphatic hydroxyl groups is 1. The Morgan fingerprint density at radius 1 is 1.46 bits per heavy atom. The SMILES string of the molecule is CS(=O)(=O)[C@@H]1CCC(CN)C(O)C1. The van der Waals surface area contributed by atoms with E-state index >= 15 is 0 Å². The van der Waals surface area contributed by atoms with E-state index in [1.807, 2.05) is 0 Å². The van der Waals surface area contributed by atoms with Gasteiger partial charge in [0.2, 0.25) is 0 Å². The first kappa shape index (κ1) is 10.9. The van der Waals surface area contributed by atoms with Gasteiger partial charge in [-0.15, -0.1) is 0 Å². The van der Waals surface area contributed by atoms with Crippen molar-refractivity contribution in [2.24, 2.45) is 11.7 Å². The molecule has 0 amide bonds. The summed E-state index contributed by atoms with van der Waals surface area (Å²) in [5.41, 5.74) is 5.44. The van der Waals surface area contributed by atoms with Crippen LogP contribution in [0.25, 0.3) is 0 Å². The van der Waals surface area contributed by atoms with E-state index in [0.717, 1.165) is 6.42 Å². The van der Waals surface area contributed by atoms with Gasteiger partial charge >= 0.3 is 0 Å². The molecule has 4 nitrogen and oxygen atoms in total. The molecule has 13 heavy (non-hydrogen) atoms. The smallest absolute Gasteiger partial charge is 0.150 e. The van der Waals surface area contributed by atoms with Gasteiger partial charge in [0.25, 0.3) is 0 Å². The average Bonchev–Trinajstić information content (AvgIpc) is 2.02. The van der Waals surface area contributed by atoms with Crippen molar-refractivity contribution in [3.8, 4) is 0 Å². The molecule has 0 radical (unpaired) electrons. The second kappa shape index (κ2) is 3.94. The number of sulfone groups is 1. The lowest BCUT2D eigenvalue weighted by molar-refractivity contribution is 0.0757. The summed E-state index contributed by atoms with van der Waals surface area (Å²) in [6.45, 7) is 0.442. The molecular formula is C8H17NO3S. The van der Waals surface area contributed by atoms with Gasteiger partial charge in [-0.25, -0.2) is 8.42 Å². The minimum Gasteiger partial charge on any atom is -0.393 e. The molecule has 0 spiro atoms. The Bertz CT molecular complexity index is 263. The van der Waals surface area contributed by atoms with E-state index < -0.39 is 15.9 Å². The van der Waals surface area contributed by atoms with E-state index in [2.05, 4.69) is 0 Å². The first-order valence-electron chi connectivity index (χ1n) is 4.52. The highest BCUT2D eigenvalue weighted by atomic mass is 32.2. The molecule has 0 aromatic rings. The third kappa shape index (κ3) is 2.65. The summed E-state index contributed by atoms with van der Waals surface area (Å²) in [5, 5.41) is 9.19. The fourth-order valence-corrected chi connectivity index (χ4v) is 2.95. The summed E-state index contributed by atoms with van der Waals surface area (Å²) in [5.74, 6) is 0.0815. The van der Waals surface area contributed by atoms with Crippen LogP contribution in [0.4, 0.5) is 0 Å². The number of hydrogen-bond donors (Lipinski definition) is 2. The monoisotopic (exact) mass is 207 g/mol. The molecule has 0 aromatic carbocycles. The summed E-state index contributed by atoms with van der Waals surface area (Å²) in [6.07, 6.45) is 2.39. The van der Waals surface area contributed by atoms with Crippen molar-refractivity contribution in [2.75, 3.05) is 12.8 Å². The summed E-state index contributed by atoms with van der Waals surface area (Å²) < 4.78 is 22.4. The summed E-state index contributed by atoms with van der Waals surface area (Å²) in [6, 6.07) is 0. The van der Waals surface area contributed by atoms with Gasteiger partial charge in [0.1, 0.15) is 9.84 Å². The van der Waals surface area contributed by atoms with Crippen LogP contribution >= 0.6 is 0 Å². The molecule has 2 unspecified atom stereocenters. The van der Waals surface area contributed by atoms with E-state index in [1.165, 1.54) is 6.26 Å². The molecule has 1 rings (SSSR count). The zero-order valence-corrected chi connectivity index (χ0v) is 8.63. The van der Waals surface area contributed by atoms with Crippen LogP contribution in [-0.2, 0) is 9.84 Å². The second-order valence-corrected chi connectivity index (χ2v) is 6.15. The Morgan fingerprint density at radius 3 is 2.46 bits per heavy atom. The maximum atomic E-state index is 11.2. The average molecular weight is 207 g/mol. The standard InChI is InChI=1S/C8H17NO3S/c1-13(11,12)7-3-2-6(5-9)8(10)4-7/h6-8,10H,2-5,9H2,1H3/t6?,7-,8?/m1/s1. The van der Waals surface area contributed by atoms with Crippen molar-refractivity contribution in [3.05, 3.63) is 0 Å². The fraction of sp³-hybridized carbons (Fsp3) is 1.00. The maximum absolute atomic E-state index is 11.2. The second-order valence-electron chi connectivity index (χ2n) is 3.83. The van der Waals surface area contributed by atoms with Crippen LogP contribution in [0.5, 0.6) is 0 Å². The third-order valence-corrected chi connectivity index (χ3v) is 4.46. The Labute approximate surface area is 79.0 Å². The van der Waals surface area contributed by atoms with Gasteiger partial charge in [-0.05, 0) is 31.7 Å². The topological polar surface area (TPSA) is 80.4 Å². The molecule has 1 aliphatic rings. The predicted octanol–water partition coefficient (Wildman–Crippen LogP) is -0.481. The van der Waals surface area contributed by atoms with E-state index in [0.29, 0.717) is 19.4 Å². The molecule has 0 aromatic heterocycles. The van der Waals surface area contributed by atoms with Crippen LogP contribution in [0.1, 0.15) is 19.3 Å². The molecule has 1 aliphatic carbocycles. The molecule has 0 saturated heterocycles. The Morgan fingerprint density at radius 2 is 2.08 bits per heavy atom. The van der Waals surface area contributed by atoms with Gasteiger partial charge in [0.15, 0.2) is 0 Å². The van der Waals surface area contributed by atoms with Crippen molar-refractivity contribution in [3.63, 3.8) is 0 Å². The van der Waals surface area contributed by atoms with E-state index in [-0.39, 0.29) is 11.2 Å². The molecule has 1 saturated carbocycles. The van der Waals surface area contributed by atoms with Gasteiger partial charge in [-0.2, -0.15) is 0 Å². The van der Waals surface area contributed by atoms with Crippen LogP contribution in [0.15, 0.2) is 0 Å². The van der Waals surface area contributed by atoms with Crippen molar-refractivity contribution in [1.82, 2.24) is 0 Å². The zero-order valence-electron chi connectivity index (χ0n) is 7.81. The first-order chi connectivity index (χ1) is 5.95. The van der Waals surface area contributed by atoms with Crippen molar-refractivity contribution >= 4 is 9.84 Å². The van der Waals surface area contributed by atoms with Crippen LogP contribution < -0.4 is 5.73 Å². The molecule has 78 valence electrons. The lowest BCUT2D eigenvalue weighted by Crippen LogP contribution is -2.39. The Kier molecular flexibility index (Phi) is 3.32. The van der Waals surface area contributed by atoms with Crippen LogP contribution in [0.3, 0.4) is 0 Å². The summed E-state index contributed by atoms with van der Waals surface area (Å²) in [4.78, 5) is 0. The van der Waals surface area contributed by atoms with Crippen molar-refractivity contribution in [2.45, 2.75) is 30.6 Å². The van der Waals surface area contributed by atoms with E-state index in [9.17, 15) is 13.5 Å². The van der Waals surface area contributed by atoms with Crippen LogP contribution in [-0.4, -0.2) is 37.7 Å². The van der Waals surface area contributed by atoms with Crippen LogP contribution in [0, 0.1) is 5.92 Å². The zero-order chi connectivity index (χ0) is 10.1. The largest absolute Gasteiger partial charge is 0.393 e. The van der Waals surface area contributed by atoms with Gasteiger partial charge < -0.3 is 10.8 Å². The minimum atomic E-state index is -2.99. The number of hydrogen-bond acceptors (Lipinski definition) is 4. The number of nitrogens with two attached hydrogens (primary N) is 1. The molecule has 5 heteroatoms. The van der Waals surface area contributed by atoms with E-state index in [1.54, 1.807) is 0 Å². The highest BCUT2D eigenvalue weighted by Crippen LogP contribution is 2.27. The lowest BCUT2D eigenvalue weighted by atomic mass is 9.86. The molecule has 0 aliphatic heterocycles. The van der Waals surface area contributed by atoms with E-state index in [4.69, 9.17) is 5.73 Å². The molecule has 0 heterocycles. The quantitative estimate of drug-likeness (QED) is 0.641. The van der Waals surface area contributed by atoms with Gasteiger partial charge in [0.05, 0.1) is 11.4 Å². The highest BCUT2D eigenvalue weighted by Gasteiger charge is 2.33. The van der Waals surface area contributed by atoms with Crippen LogP contribution in [0.2, 0.25) is 0 Å². The molecule has 1 fully saturated rings. The molecule has 3 atom stereocenters. The number of rotatable bonds is 2. The normalized spacial score (nSPS) is 36.1. The van der Waals surface area contributed by atoms with Gasteiger partial charge in [-0.1, -0.05) is 0 Å². The van der Waals surface area contributed by atoms with Crippen molar-refractivity contribution < 1.29 is 13.5 Å². The summed E-state index contributed by atoms with van der Waals surface area (Å²) >= 11 is 0. The number of aliphatic hydroxyl groups excluding tert-OH is 1. The lowest BCUT2D eigenvalue weighted by Gasteiger charge is -2.31. The molecular weight excluding hydrogens is 190 g/mol. The maximum Gasteiger partial charge on any atom is 0.150 e. The van der Waals surface area contributed by atoms with Gasteiger partial charge in [-0.3, -0.25) is 0 Å². The predicted molar refractivity (Wildman–Crippen MR) is 51.0 cm³/mol. The molecule has 0 bridgehead atoms. The fourth-order valence-electron chi connectivity index (χ4n) is 1.84. The van der Waals surface area contributed by atoms with Crippen molar-refractivity contribution in [1.29, 1.82) is 0 Å². The molecule has 3 N–H and O–H groups in total.